The Balaban J connectivity index is 2.77. The summed E-state index contributed by atoms with van der Waals surface area (Å²) < 4.78 is 0. The molecule has 5 nitrogen and oxygen atoms in total. The molecule has 2 aromatic heterocycles. The highest BCUT2D eigenvalue weighted by molar-refractivity contribution is 6.40. The minimum absolute atomic E-state index is 0.123. The van der Waals surface area contributed by atoms with Gasteiger partial charge in [-0.1, -0.05) is 0 Å². The molecule has 1 N–H and O–H groups in total. The molecule has 0 radical (unpaired) electrons. The van der Waals surface area contributed by atoms with Crippen molar-refractivity contribution in [2.45, 2.75) is 0 Å². The van der Waals surface area contributed by atoms with Gasteiger partial charge in [0.05, 0.1) is 11.0 Å². The second kappa shape index (κ2) is 3.06. The molecule has 0 unspecified atom stereocenters. The molecule has 0 amide bonds. The Labute approximate surface area is 80.0 Å². The van der Waals surface area contributed by atoms with E-state index in [2.05, 4.69) is 15.0 Å². The molecule has 2 heterocycles. The molecule has 2 aromatic rings. The second-order valence-corrected chi connectivity index (χ2v) is 2.90. The summed E-state index contributed by atoms with van der Waals surface area (Å²) in [6.07, 6.45) is 3.25. The van der Waals surface area contributed by atoms with E-state index in [4.69, 9.17) is 0 Å². The van der Waals surface area contributed by atoms with Gasteiger partial charge in [-0.15, -0.1) is 0 Å². The van der Waals surface area contributed by atoms with E-state index < -0.39 is 5.78 Å². The number of aromatic nitrogens is 3. The van der Waals surface area contributed by atoms with Crippen molar-refractivity contribution in [3.8, 4) is 0 Å². The number of aromatic amines is 1. The number of Topliss-reactive ketones (excluding diaryl/α,β-unsaturated/α-hetero) is 1. The van der Waals surface area contributed by atoms with E-state index >= 15 is 0 Å². The zero-order valence-electron chi connectivity index (χ0n) is 7.44. The van der Waals surface area contributed by atoms with E-state index in [-0.39, 0.29) is 12.0 Å². The summed E-state index contributed by atoms with van der Waals surface area (Å²) in [5.41, 5.74) is 2.23. The molecule has 0 aliphatic rings. The van der Waals surface area contributed by atoms with E-state index in [0.717, 1.165) is 5.46 Å². The van der Waals surface area contributed by atoms with Gasteiger partial charge in [-0.25, -0.2) is 9.97 Å². The zero-order valence-corrected chi connectivity index (χ0v) is 7.44. The highest BCUT2D eigenvalue weighted by atomic mass is 16.2. The van der Waals surface area contributed by atoms with Crippen LogP contribution in [0.25, 0.3) is 11.0 Å². The van der Waals surface area contributed by atoms with Crippen molar-refractivity contribution in [3.63, 3.8) is 0 Å². The molecule has 2 rings (SSSR count). The van der Waals surface area contributed by atoms with Crippen LogP contribution in [0, 0.1) is 0 Å². The summed E-state index contributed by atoms with van der Waals surface area (Å²) in [5.74, 6) is -0.640. The van der Waals surface area contributed by atoms with Crippen LogP contribution in [0.4, 0.5) is 0 Å². The molecule has 68 valence electrons. The van der Waals surface area contributed by atoms with Crippen molar-refractivity contribution in [1.82, 2.24) is 15.0 Å². The molecule has 6 heteroatoms. The Morgan fingerprint density at radius 2 is 2.29 bits per heavy atom. The van der Waals surface area contributed by atoms with Crippen molar-refractivity contribution in [2.75, 3.05) is 0 Å². The Bertz CT molecular complexity index is 520. The number of carbonyl (C=O) groups is 2. The Hall–Kier alpha value is -1.98. The summed E-state index contributed by atoms with van der Waals surface area (Å²) in [4.78, 5) is 32.1. The fraction of sp³-hybridized carbons (Fsp3) is 0. The molecule has 0 bridgehead atoms. The molecule has 0 saturated carbocycles. The fourth-order valence-corrected chi connectivity index (χ4v) is 1.31. The number of fused-ring (bicyclic) bond motifs is 1. The van der Waals surface area contributed by atoms with Crippen LogP contribution in [0.1, 0.15) is 10.5 Å². The van der Waals surface area contributed by atoms with Crippen LogP contribution in [-0.4, -0.2) is 34.9 Å². The Morgan fingerprint density at radius 3 is 3.00 bits per heavy atom. The lowest BCUT2D eigenvalue weighted by molar-refractivity contribution is -0.104. The van der Waals surface area contributed by atoms with E-state index in [9.17, 15) is 9.59 Å². The largest absolute Gasteiger partial charge is 0.359 e. The van der Waals surface area contributed by atoms with Gasteiger partial charge in [0, 0.05) is 0 Å². The minimum Gasteiger partial charge on any atom is -0.359 e. The fourth-order valence-electron chi connectivity index (χ4n) is 1.31. The van der Waals surface area contributed by atoms with Gasteiger partial charge in [-0.2, -0.15) is 0 Å². The van der Waals surface area contributed by atoms with E-state index in [1.165, 1.54) is 6.33 Å². The first-order chi connectivity index (χ1) is 6.74. The first kappa shape index (κ1) is 8.62. The molecule has 0 fully saturated rings. The molecule has 0 saturated heterocycles. The molecule has 14 heavy (non-hydrogen) atoms. The summed E-state index contributed by atoms with van der Waals surface area (Å²) in [7, 11) is 1.86. The summed E-state index contributed by atoms with van der Waals surface area (Å²) >= 11 is 0. The SMILES string of the molecule is Bc1c[nH]c2c(C(=O)C=O)ncnc12. The van der Waals surface area contributed by atoms with Gasteiger partial charge >= 0.3 is 0 Å². The minimum atomic E-state index is -0.640. The first-order valence-corrected chi connectivity index (χ1v) is 4.02. The van der Waals surface area contributed by atoms with Crippen LogP contribution in [0.2, 0.25) is 0 Å². The average Bonchev–Trinajstić information content (AvgIpc) is 2.59. The normalized spacial score (nSPS) is 10.3. The number of hydrogen-bond acceptors (Lipinski definition) is 4. The Morgan fingerprint density at radius 1 is 1.50 bits per heavy atom. The van der Waals surface area contributed by atoms with Gasteiger partial charge < -0.3 is 4.98 Å². The van der Waals surface area contributed by atoms with E-state index in [0.29, 0.717) is 11.0 Å². The maximum Gasteiger partial charge on any atom is 0.245 e. The molecular formula is C8H6BN3O2. The summed E-state index contributed by atoms with van der Waals surface area (Å²) in [6.45, 7) is 0. The summed E-state index contributed by atoms with van der Waals surface area (Å²) in [6, 6.07) is 0. The number of nitrogens with one attached hydrogen (secondary N) is 1. The number of H-pyrrole nitrogens is 1. The lowest BCUT2D eigenvalue weighted by atomic mass is 9.99. The monoisotopic (exact) mass is 187 g/mol. The lowest BCUT2D eigenvalue weighted by Gasteiger charge is -1.95. The Kier molecular flexibility index (Phi) is 1.88. The number of rotatable bonds is 2. The van der Waals surface area contributed by atoms with Crippen molar-refractivity contribution >= 4 is 36.4 Å². The van der Waals surface area contributed by atoms with Crippen molar-refractivity contribution in [1.29, 1.82) is 0 Å². The molecule has 0 atom stereocenters. The number of nitrogens with zero attached hydrogens (tertiary/aromatic N) is 2. The average molecular weight is 187 g/mol. The third kappa shape index (κ3) is 1.12. The molecule has 0 aliphatic carbocycles. The van der Waals surface area contributed by atoms with Gasteiger partial charge in [-0.05, 0) is 11.7 Å². The molecule has 0 aromatic carbocycles. The topological polar surface area (TPSA) is 75.7 Å². The summed E-state index contributed by atoms with van der Waals surface area (Å²) in [5, 5.41) is 0. The number of carbonyl (C=O) groups excluding carboxylic acids is 2. The van der Waals surface area contributed by atoms with Gasteiger partial charge in [-0.3, -0.25) is 9.59 Å². The van der Waals surface area contributed by atoms with Crippen LogP contribution < -0.4 is 5.46 Å². The van der Waals surface area contributed by atoms with Crippen LogP contribution in [0.15, 0.2) is 12.5 Å². The quantitative estimate of drug-likeness (QED) is 0.271. The third-order valence-electron chi connectivity index (χ3n) is 1.99. The second-order valence-electron chi connectivity index (χ2n) is 2.90. The van der Waals surface area contributed by atoms with Gasteiger partial charge in [0.2, 0.25) is 5.78 Å². The smallest absolute Gasteiger partial charge is 0.245 e. The van der Waals surface area contributed by atoms with Crippen LogP contribution in [0.5, 0.6) is 0 Å². The third-order valence-corrected chi connectivity index (χ3v) is 1.99. The van der Waals surface area contributed by atoms with Crippen LogP contribution >= 0.6 is 0 Å². The van der Waals surface area contributed by atoms with Crippen LogP contribution in [-0.2, 0) is 4.79 Å². The van der Waals surface area contributed by atoms with Crippen molar-refractivity contribution in [3.05, 3.63) is 18.2 Å². The van der Waals surface area contributed by atoms with Crippen LogP contribution in [0.3, 0.4) is 0 Å². The highest BCUT2D eigenvalue weighted by Crippen LogP contribution is 2.09. The maximum absolute atomic E-state index is 11.2. The molecular weight excluding hydrogens is 181 g/mol. The maximum atomic E-state index is 11.2. The van der Waals surface area contributed by atoms with Gasteiger partial charge in [0.1, 0.15) is 19.9 Å². The predicted octanol–water partition coefficient (Wildman–Crippen LogP) is -1.40. The zero-order chi connectivity index (χ0) is 10.1. The highest BCUT2D eigenvalue weighted by Gasteiger charge is 2.13. The predicted molar refractivity (Wildman–Crippen MR) is 52.5 cm³/mol. The van der Waals surface area contributed by atoms with Gasteiger partial charge in [0.15, 0.2) is 6.29 Å². The van der Waals surface area contributed by atoms with E-state index in [1.54, 1.807) is 6.20 Å². The van der Waals surface area contributed by atoms with Crippen molar-refractivity contribution in [2.24, 2.45) is 0 Å². The first-order valence-electron chi connectivity index (χ1n) is 4.02. The number of aldehydes is 1. The standard InChI is InChI=1S/C8H6BN3O2/c9-4-1-10-8-6(4)11-3-12-7(8)5(14)2-13/h1-3,10H,9H2. The number of hydrogen-bond donors (Lipinski definition) is 1. The molecule has 0 spiro atoms. The lowest BCUT2D eigenvalue weighted by Crippen LogP contribution is -2.06. The number of ketones is 1. The molecule has 0 aliphatic heterocycles. The van der Waals surface area contributed by atoms with Crippen molar-refractivity contribution < 1.29 is 9.59 Å². The van der Waals surface area contributed by atoms with Gasteiger partial charge in [0.25, 0.3) is 0 Å². The van der Waals surface area contributed by atoms with E-state index in [1.807, 2.05) is 7.85 Å².